The number of hydrogen-bond acceptors (Lipinski definition) is 5. The molecule has 1 fully saturated rings. The molecular formula is C14H20N4O2. The first-order chi connectivity index (χ1) is 9.66. The Kier molecular flexibility index (Phi) is 3.56. The molecule has 0 aromatic carbocycles. The fraction of sp³-hybridized carbons (Fsp3) is 0.643. The largest absolute Gasteiger partial charge is 0.360 e. The molecule has 2 aromatic heterocycles. The van der Waals surface area contributed by atoms with Gasteiger partial charge in [0.1, 0.15) is 5.76 Å². The summed E-state index contributed by atoms with van der Waals surface area (Å²) in [6.07, 6.45) is 3.36. The second-order valence-electron chi connectivity index (χ2n) is 5.56. The molecule has 0 amide bonds. The van der Waals surface area contributed by atoms with Gasteiger partial charge in [0.2, 0.25) is 0 Å². The van der Waals surface area contributed by atoms with E-state index in [-0.39, 0.29) is 5.56 Å². The summed E-state index contributed by atoms with van der Waals surface area (Å²) in [7, 11) is 0. The lowest BCUT2D eigenvalue weighted by molar-refractivity contribution is 0.329. The number of hydrogen-bond donors (Lipinski definition) is 1. The Morgan fingerprint density at radius 3 is 2.85 bits per heavy atom. The van der Waals surface area contributed by atoms with E-state index in [1.165, 1.54) is 12.8 Å². The Balaban J connectivity index is 1.84. The Bertz CT molecular complexity index is 668. The summed E-state index contributed by atoms with van der Waals surface area (Å²) in [5.41, 5.74) is 1.07. The molecule has 0 atom stereocenters. The summed E-state index contributed by atoms with van der Waals surface area (Å²) in [5, 5.41) is 12.4. The minimum Gasteiger partial charge on any atom is -0.360 e. The second-order valence-corrected chi connectivity index (χ2v) is 5.56. The third kappa shape index (κ3) is 2.35. The van der Waals surface area contributed by atoms with Crippen molar-refractivity contribution in [2.24, 2.45) is 5.92 Å². The molecule has 0 spiro atoms. The summed E-state index contributed by atoms with van der Waals surface area (Å²) >= 11 is 0. The molecule has 6 heteroatoms. The van der Waals surface area contributed by atoms with Crippen LogP contribution in [0.2, 0.25) is 0 Å². The van der Waals surface area contributed by atoms with Crippen LogP contribution in [0.1, 0.15) is 30.7 Å². The molecule has 3 heterocycles. The van der Waals surface area contributed by atoms with Crippen molar-refractivity contribution in [2.45, 2.75) is 39.7 Å². The first-order valence-electron chi connectivity index (χ1n) is 7.21. The zero-order chi connectivity index (χ0) is 14.1. The highest BCUT2D eigenvalue weighted by molar-refractivity contribution is 5.81. The molecule has 2 aromatic rings. The normalized spacial score (nSPS) is 16.9. The van der Waals surface area contributed by atoms with Crippen LogP contribution >= 0.6 is 0 Å². The smallest absolute Gasteiger partial charge is 0.296 e. The Hall–Kier alpha value is -1.69. The first kappa shape index (κ1) is 13.3. The number of rotatable bonds is 3. The van der Waals surface area contributed by atoms with Crippen LogP contribution in [0, 0.1) is 19.8 Å². The lowest BCUT2D eigenvalue weighted by Crippen LogP contribution is -2.30. The molecule has 0 bridgehead atoms. The quantitative estimate of drug-likeness (QED) is 0.917. The molecule has 0 unspecified atom stereocenters. The van der Waals surface area contributed by atoms with Gasteiger partial charge >= 0.3 is 0 Å². The van der Waals surface area contributed by atoms with Crippen molar-refractivity contribution in [1.29, 1.82) is 0 Å². The van der Waals surface area contributed by atoms with Crippen LogP contribution in [0.3, 0.4) is 0 Å². The van der Waals surface area contributed by atoms with Crippen molar-refractivity contribution < 1.29 is 4.52 Å². The van der Waals surface area contributed by atoms with Crippen LogP contribution in [-0.2, 0) is 6.54 Å². The summed E-state index contributed by atoms with van der Waals surface area (Å²) in [4.78, 5) is 12.3. The van der Waals surface area contributed by atoms with Gasteiger partial charge in [0.15, 0.2) is 5.52 Å². The Morgan fingerprint density at radius 2 is 2.10 bits per heavy atom. The van der Waals surface area contributed by atoms with Crippen molar-refractivity contribution in [3.63, 3.8) is 0 Å². The molecule has 3 rings (SSSR count). The summed E-state index contributed by atoms with van der Waals surface area (Å²) in [6, 6.07) is 0. The van der Waals surface area contributed by atoms with Gasteiger partial charge in [0.05, 0.1) is 11.1 Å². The van der Waals surface area contributed by atoms with E-state index < -0.39 is 0 Å². The number of piperidine rings is 1. The maximum atomic E-state index is 12.3. The molecule has 0 radical (unpaired) electrons. The molecule has 1 saturated heterocycles. The standard InChI is InChI=1S/C14H20N4O2/c1-9-12-10(2)20-17-13(12)14(19)18(16-9)8-5-11-3-6-15-7-4-11/h11,15H,3-8H2,1-2H3. The van der Waals surface area contributed by atoms with Crippen LogP contribution in [0.15, 0.2) is 9.32 Å². The lowest BCUT2D eigenvalue weighted by atomic mass is 9.95. The van der Waals surface area contributed by atoms with Gasteiger partial charge in [0.25, 0.3) is 5.56 Å². The van der Waals surface area contributed by atoms with Gasteiger partial charge < -0.3 is 9.84 Å². The minimum atomic E-state index is -0.142. The van der Waals surface area contributed by atoms with E-state index in [0.717, 1.165) is 30.6 Å². The Morgan fingerprint density at radius 1 is 1.35 bits per heavy atom. The molecular weight excluding hydrogens is 256 g/mol. The average molecular weight is 276 g/mol. The number of nitrogens with one attached hydrogen (secondary N) is 1. The maximum Gasteiger partial charge on any atom is 0.296 e. The first-order valence-corrected chi connectivity index (χ1v) is 7.21. The van der Waals surface area contributed by atoms with Crippen molar-refractivity contribution >= 4 is 10.9 Å². The van der Waals surface area contributed by atoms with Gasteiger partial charge in [-0.1, -0.05) is 5.16 Å². The third-order valence-corrected chi connectivity index (χ3v) is 4.14. The van der Waals surface area contributed by atoms with E-state index in [9.17, 15) is 4.79 Å². The van der Waals surface area contributed by atoms with E-state index in [1.807, 2.05) is 13.8 Å². The molecule has 20 heavy (non-hydrogen) atoms. The predicted molar refractivity (Wildman–Crippen MR) is 75.7 cm³/mol. The van der Waals surface area contributed by atoms with Crippen LogP contribution in [-0.4, -0.2) is 28.0 Å². The van der Waals surface area contributed by atoms with E-state index >= 15 is 0 Å². The lowest BCUT2D eigenvalue weighted by Gasteiger charge is -2.22. The van der Waals surface area contributed by atoms with Crippen molar-refractivity contribution in [3.05, 3.63) is 21.8 Å². The number of aryl methyl sites for hydroxylation is 3. The van der Waals surface area contributed by atoms with Gasteiger partial charge in [-0.05, 0) is 52.1 Å². The average Bonchev–Trinajstić information content (AvgIpc) is 2.85. The summed E-state index contributed by atoms with van der Waals surface area (Å²) in [5.74, 6) is 1.34. The van der Waals surface area contributed by atoms with Crippen molar-refractivity contribution in [1.82, 2.24) is 20.3 Å². The van der Waals surface area contributed by atoms with Gasteiger partial charge in [-0.3, -0.25) is 4.79 Å². The minimum absolute atomic E-state index is 0.142. The highest BCUT2D eigenvalue weighted by Crippen LogP contribution is 2.18. The fourth-order valence-electron chi connectivity index (χ4n) is 2.97. The van der Waals surface area contributed by atoms with E-state index in [1.54, 1.807) is 4.68 Å². The monoisotopic (exact) mass is 276 g/mol. The van der Waals surface area contributed by atoms with Crippen molar-refractivity contribution in [3.8, 4) is 0 Å². The molecule has 6 nitrogen and oxygen atoms in total. The highest BCUT2D eigenvalue weighted by Gasteiger charge is 2.17. The highest BCUT2D eigenvalue weighted by atomic mass is 16.5. The van der Waals surface area contributed by atoms with Gasteiger partial charge in [0, 0.05) is 6.54 Å². The number of fused-ring (bicyclic) bond motifs is 1. The zero-order valence-electron chi connectivity index (χ0n) is 12.0. The van der Waals surface area contributed by atoms with E-state index in [2.05, 4.69) is 15.6 Å². The van der Waals surface area contributed by atoms with Crippen LogP contribution in [0.5, 0.6) is 0 Å². The van der Waals surface area contributed by atoms with Gasteiger partial charge in [-0.25, -0.2) is 4.68 Å². The van der Waals surface area contributed by atoms with Crippen LogP contribution < -0.4 is 10.9 Å². The molecule has 0 aliphatic carbocycles. The zero-order valence-corrected chi connectivity index (χ0v) is 12.0. The van der Waals surface area contributed by atoms with Gasteiger partial charge in [-0.2, -0.15) is 5.10 Å². The molecule has 1 aliphatic heterocycles. The summed E-state index contributed by atoms with van der Waals surface area (Å²) in [6.45, 7) is 6.52. The van der Waals surface area contributed by atoms with E-state index in [0.29, 0.717) is 23.7 Å². The van der Waals surface area contributed by atoms with Crippen LogP contribution in [0.25, 0.3) is 10.9 Å². The molecule has 1 aliphatic rings. The SMILES string of the molecule is Cc1nn(CCC2CCNCC2)c(=O)c2noc(C)c12. The molecule has 1 N–H and O–H groups in total. The maximum absolute atomic E-state index is 12.3. The van der Waals surface area contributed by atoms with Gasteiger partial charge in [-0.15, -0.1) is 0 Å². The number of aromatic nitrogens is 3. The number of nitrogens with zero attached hydrogens (tertiary/aromatic N) is 3. The van der Waals surface area contributed by atoms with E-state index in [4.69, 9.17) is 4.52 Å². The fourth-order valence-corrected chi connectivity index (χ4v) is 2.97. The predicted octanol–water partition coefficient (Wildman–Crippen LogP) is 1.39. The molecule has 108 valence electrons. The summed E-state index contributed by atoms with van der Waals surface area (Å²) < 4.78 is 6.66. The topological polar surface area (TPSA) is 73.0 Å². The second kappa shape index (κ2) is 5.36. The van der Waals surface area contributed by atoms with Crippen molar-refractivity contribution in [2.75, 3.05) is 13.1 Å². The molecule has 0 saturated carbocycles. The Labute approximate surface area is 117 Å². The third-order valence-electron chi connectivity index (χ3n) is 4.14. The van der Waals surface area contributed by atoms with Crippen LogP contribution in [0.4, 0.5) is 0 Å².